The molecule has 0 atom stereocenters. The van der Waals surface area contributed by atoms with Crippen LogP contribution in [-0.4, -0.2) is 10.9 Å². The van der Waals surface area contributed by atoms with Crippen molar-refractivity contribution in [3.8, 4) is 0 Å². The summed E-state index contributed by atoms with van der Waals surface area (Å²) in [6, 6.07) is 3.81. The van der Waals surface area contributed by atoms with E-state index in [2.05, 4.69) is 10.3 Å². The third-order valence-electron chi connectivity index (χ3n) is 3.25. The lowest BCUT2D eigenvalue weighted by molar-refractivity contribution is -0.138. The largest absolute Gasteiger partial charge is 0.417 e. The lowest BCUT2D eigenvalue weighted by Crippen LogP contribution is -2.27. The average molecular weight is 398 g/mol. The number of benzene rings is 1. The van der Waals surface area contributed by atoms with Gasteiger partial charge in [0.25, 0.3) is 5.91 Å². The summed E-state index contributed by atoms with van der Waals surface area (Å²) in [7, 11) is 0. The number of nitrogens with zero attached hydrogens (tertiary/aromatic N) is 1. The van der Waals surface area contributed by atoms with Crippen LogP contribution in [0.1, 0.15) is 27.0 Å². The van der Waals surface area contributed by atoms with Crippen molar-refractivity contribution in [2.75, 3.05) is 0 Å². The Morgan fingerprint density at radius 3 is 2.50 bits per heavy atom. The highest BCUT2D eigenvalue weighted by molar-refractivity contribution is 6.35. The quantitative estimate of drug-likeness (QED) is 0.714. The number of carbonyl (C=O) groups excluding carboxylic acids is 1. The Morgan fingerprint density at radius 1 is 1.25 bits per heavy atom. The normalized spacial score (nSPS) is 11.5. The monoisotopic (exact) mass is 396 g/mol. The molecule has 1 amide bonds. The van der Waals surface area contributed by atoms with Crippen LogP contribution in [0.25, 0.3) is 0 Å². The predicted molar refractivity (Wildman–Crippen MR) is 86.6 cm³/mol. The fourth-order valence-corrected chi connectivity index (χ4v) is 3.01. The molecule has 128 valence electrons. The Kier molecular flexibility index (Phi) is 5.63. The zero-order valence-electron chi connectivity index (χ0n) is 12.1. The van der Waals surface area contributed by atoms with Gasteiger partial charge in [0.15, 0.2) is 0 Å². The molecule has 0 aliphatic heterocycles. The highest BCUT2D eigenvalue weighted by atomic mass is 35.5. The summed E-state index contributed by atoms with van der Waals surface area (Å²) < 4.78 is 39.1. The Morgan fingerprint density at radius 2 is 1.92 bits per heavy atom. The minimum atomic E-state index is -4.73. The minimum Gasteiger partial charge on any atom is -0.348 e. The van der Waals surface area contributed by atoms with E-state index in [1.807, 2.05) is 0 Å². The molecule has 2 aromatic rings. The van der Waals surface area contributed by atoms with Crippen LogP contribution >= 0.6 is 34.8 Å². The summed E-state index contributed by atoms with van der Waals surface area (Å²) in [5, 5.41) is 2.57. The minimum absolute atomic E-state index is 0.0802. The molecule has 2 rings (SSSR count). The number of rotatable bonds is 3. The predicted octanol–water partition coefficient (Wildman–Crippen LogP) is 5.30. The molecule has 24 heavy (non-hydrogen) atoms. The number of hydrogen-bond acceptors (Lipinski definition) is 2. The van der Waals surface area contributed by atoms with E-state index in [4.69, 9.17) is 34.8 Å². The maximum Gasteiger partial charge on any atom is 0.417 e. The number of pyridine rings is 1. The van der Waals surface area contributed by atoms with Gasteiger partial charge in [0, 0.05) is 22.8 Å². The van der Waals surface area contributed by atoms with Gasteiger partial charge in [0.2, 0.25) is 0 Å². The van der Waals surface area contributed by atoms with Crippen LogP contribution in [0, 0.1) is 6.92 Å². The maximum absolute atomic E-state index is 13.0. The van der Waals surface area contributed by atoms with E-state index in [1.165, 1.54) is 6.07 Å². The van der Waals surface area contributed by atoms with Crippen molar-refractivity contribution < 1.29 is 18.0 Å². The van der Waals surface area contributed by atoms with Gasteiger partial charge in [-0.25, -0.2) is 4.98 Å². The first kappa shape index (κ1) is 18.8. The van der Waals surface area contributed by atoms with Crippen LogP contribution in [0.4, 0.5) is 13.2 Å². The molecule has 1 aromatic carbocycles. The molecular formula is C15H10Cl3F3N2O. The number of nitrogens with one attached hydrogen (secondary N) is 1. The number of alkyl halides is 3. The Balaban J connectivity index is 2.29. The standard InChI is InChI=1S/C15H10Cl3F3N2O/c1-7-4-8(16)5-11(17)9(7)6-23-14(24)12-10(15(19,20)21)2-3-22-13(12)18/h2-5H,6H2,1H3,(H,23,24). The summed E-state index contributed by atoms with van der Waals surface area (Å²) in [5.74, 6) is -0.995. The smallest absolute Gasteiger partial charge is 0.348 e. The number of hydrogen-bond donors (Lipinski definition) is 1. The molecule has 0 unspecified atom stereocenters. The van der Waals surface area contributed by atoms with Gasteiger partial charge < -0.3 is 5.32 Å². The van der Waals surface area contributed by atoms with Gasteiger partial charge in [-0.3, -0.25) is 4.79 Å². The number of carbonyl (C=O) groups is 1. The topological polar surface area (TPSA) is 42.0 Å². The van der Waals surface area contributed by atoms with Crippen LogP contribution in [0.3, 0.4) is 0 Å². The second-order valence-electron chi connectivity index (χ2n) is 4.89. The lowest BCUT2D eigenvalue weighted by Gasteiger charge is -2.15. The highest BCUT2D eigenvalue weighted by Gasteiger charge is 2.36. The van der Waals surface area contributed by atoms with E-state index in [0.29, 0.717) is 27.2 Å². The molecule has 0 aliphatic rings. The molecule has 0 fully saturated rings. The molecule has 3 nitrogen and oxygen atoms in total. The summed E-state index contributed by atoms with van der Waals surface area (Å²) in [5.41, 5.74) is -0.641. The zero-order chi connectivity index (χ0) is 18.1. The summed E-state index contributed by atoms with van der Waals surface area (Å²) in [6.45, 7) is 1.64. The van der Waals surface area contributed by atoms with E-state index < -0.39 is 28.4 Å². The second-order valence-corrected chi connectivity index (χ2v) is 6.09. The molecule has 0 aliphatic carbocycles. The van der Waals surface area contributed by atoms with Gasteiger partial charge >= 0.3 is 6.18 Å². The van der Waals surface area contributed by atoms with Crippen molar-refractivity contribution in [2.45, 2.75) is 19.6 Å². The first-order valence-electron chi connectivity index (χ1n) is 6.55. The SMILES string of the molecule is Cc1cc(Cl)cc(Cl)c1CNC(=O)c1c(C(F)(F)F)ccnc1Cl. The van der Waals surface area contributed by atoms with E-state index in [-0.39, 0.29) is 6.54 Å². The van der Waals surface area contributed by atoms with E-state index in [0.717, 1.165) is 6.20 Å². The Bertz CT molecular complexity index is 771. The molecule has 1 aromatic heterocycles. The fraction of sp³-hybridized carbons (Fsp3) is 0.200. The zero-order valence-corrected chi connectivity index (χ0v) is 14.4. The van der Waals surface area contributed by atoms with E-state index >= 15 is 0 Å². The first-order valence-corrected chi connectivity index (χ1v) is 7.69. The lowest BCUT2D eigenvalue weighted by atomic mass is 10.1. The second kappa shape index (κ2) is 7.17. The Hall–Kier alpha value is -1.50. The first-order chi connectivity index (χ1) is 11.1. The number of amides is 1. The van der Waals surface area contributed by atoms with Gasteiger partial charge in [-0.2, -0.15) is 13.2 Å². The average Bonchev–Trinajstić information content (AvgIpc) is 2.44. The van der Waals surface area contributed by atoms with Crippen LogP contribution in [0.15, 0.2) is 24.4 Å². The van der Waals surface area contributed by atoms with Crippen molar-refractivity contribution >= 4 is 40.7 Å². The molecule has 1 N–H and O–H groups in total. The summed E-state index contributed by atoms with van der Waals surface area (Å²) in [6.07, 6.45) is -3.84. The van der Waals surface area contributed by atoms with Crippen LogP contribution < -0.4 is 5.32 Å². The summed E-state index contributed by atoms with van der Waals surface area (Å²) >= 11 is 17.6. The third-order valence-corrected chi connectivity index (χ3v) is 4.09. The Labute approximate surface area is 150 Å². The van der Waals surface area contributed by atoms with Gasteiger partial charge in [0.05, 0.1) is 11.1 Å². The molecule has 0 saturated carbocycles. The fourth-order valence-electron chi connectivity index (χ4n) is 2.10. The van der Waals surface area contributed by atoms with Gasteiger partial charge in [-0.15, -0.1) is 0 Å². The molecule has 0 radical (unpaired) electrons. The van der Waals surface area contributed by atoms with Crippen LogP contribution in [-0.2, 0) is 12.7 Å². The van der Waals surface area contributed by atoms with E-state index in [9.17, 15) is 18.0 Å². The highest BCUT2D eigenvalue weighted by Crippen LogP contribution is 2.34. The van der Waals surface area contributed by atoms with Crippen molar-refractivity contribution in [2.24, 2.45) is 0 Å². The molecule has 0 saturated heterocycles. The molecule has 9 heteroatoms. The van der Waals surface area contributed by atoms with Crippen molar-refractivity contribution in [1.82, 2.24) is 10.3 Å². The molecule has 0 bridgehead atoms. The van der Waals surface area contributed by atoms with Gasteiger partial charge in [0.1, 0.15) is 5.15 Å². The maximum atomic E-state index is 13.0. The molecule has 1 heterocycles. The van der Waals surface area contributed by atoms with Crippen molar-refractivity contribution in [1.29, 1.82) is 0 Å². The van der Waals surface area contributed by atoms with Crippen molar-refractivity contribution in [3.05, 3.63) is 61.8 Å². The number of halogens is 6. The van der Waals surface area contributed by atoms with E-state index in [1.54, 1.807) is 13.0 Å². The van der Waals surface area contributed by atoms with Crippen molar-refractivity contribution in [3.63, 3.8) is 0 Å². The number of aryl methyl sites for hydroxylation is 1. The van der Waals surface area contributed by atoms with Gasteiger partial charge in [-0.05, 0) is 36.2 Å². The van der Waals surface area contributed by atoms with Crippen LogP contribution in [0.2, 0.25) is 15.2 Å². The number of aromatic nitrogens is 1. The van der Waals surface area contributed by atoms with Gasteiger partial charge in [-0.1, -0.05) is 34.8 Å². The van der Waals surface area contributed by atoms with Crippen LogP contribution in [0.5, 0.6) is 0 Å². The third kappa shape index (κ3) is 4.12. The molecule has 0 spiro atoms. The summed E-state index contributed by atoms with van der Waals surface area (Å²) in [4.78, 5) is 15.7. The molecular weight excluding hydrogens is 388 g/mol.